The predicted molar refractivity (Wildman–Crippen MR) is 97.7 cm³/mol. The first-order chi connectivity index (χ1) is 11.9. The Hall–Kier alpha value is -1.85. The minimum Gasteiger partial charge on any atom is -0.444 e. The van der Waals surface area contributed by atoms with Crippen LogP contribution in [0.3, 0.4) is 0 Å². The number of hydrogen-bond acceptors (Lipinski definition) is 5. The van der Waals surface area contributed by atoms with Crippen LogP contribution < -0.4 is 5.32 Å². The summed E-state index contributed by atoms with van der Waals surface area (Å²) < 4.78 is 5.45. The Balaban J connectivity index is 1.50. The normalized spacial score (nSPS) is 19.9. The molecule has 0 bridgehead atoms. The number of nitrogens with zero attached hydrogens (tertiary/aromatic N) is 3. The number of carbonyl (C=O) groups is 1. The summed E-state index contributed by atoms with van der Waals surface area (Å²) in [6.45, 7) is 7.13. The third-order valence-electron chi connectivity index (χ3n) is 4.96. The lowest BCUT2D eigenvalue weighted by molar-refractivity contribution is 0.0210. The minimum atomic E-state index is -0.441. The van der Waals surface area contributed by atoms with E-state index in [1.54, 1.807) is 11.2 Å². The molecule has 0 spiro atoms. The molecule has 1 N–H and O–H groups in total. The monoisotopic (exact) mass is 346 g/mol. The summed E-state index contributed by atoms with van der Waals surface area (Å²) in [7, 11) is 0. The molecule has 0 aromatic carbocycles. The smallest absolute Gasteiger partial charge is 0.410 e. The molecular formula is C19H30N4O2. The molecule has 0 atom stereocenters. The largest absolute Gasteiger partial charge is 0.444 e. The highest BCUT2D eigenvalue weighted by Gasteiger charge is 2.27. The second-order valence-electron chi connectivity index (χ2n) is 8.20. The standard InChI is InChI=1S/C19H30N4O2/c1-19(2,3)25-18(24)23-10-8-15(9-11-23)22-17-12-16(20-13-21-17)14-6-4-5-7-14/h12-15H,4-11H2,1-3H3,(H,20,21,22). The van der Waals surface area contributed by atoms with Crippen molar-refractivity contribution in [3.05, 3.63) is 18.1 Å². The second kappa shape index (κ2) is 7.58. The molecule has 1 amide bonds. The number of aromatic nitrogens is 2. The van der Waals surface area contributed by atoms with Crippen molar-refractivity contribution in [3.63, 3.8) is 0 Å². The zero-order valence-electron chi connectivity index (χ0n) is 15.6. The molecule has 0 unspecified atom stereocenters. The molecular weight excluding hydrogens is 316 g/mol. The van der Waals surface area contributed by atoms with Crippen molar-refractivity contribution in [2.24, 2.45) is 0 Å². The number of rotatable bonds is 3. The third kappa shape index (κ3) is 5.06. The van der Waals surface area contributed by atoms with Crippen molar-refractivity contribution in [2.75, 3.05) is 18.4 Å². The van der Waals surface area contributed by atoms with Crippen molar-refractivity contribution < 1.29 is 9.53 Å². The Kier molecular flexibility index (Phi) is 5.45. The van der Waals surface area contributed by atoms with Gasteiger partial charge in [-0.3, -0.25) is 0 Å². The zero-order valence-corrected chi connectivity index (χ0v) is 15.6. The number of hydrogen-bond donors (Lipinski definition) is 1. The molecule has 138 valence electrons. The van der Waals surface area contributed by atoms with Crippen molar-refractivity contribution in [1.82, 2.24) is 14.9 Å². The van der Waals surface area contributed by atoms with Crippen molar-refractivity contribution in [2.45, 2.75) is 76.9 Å². The van der Waals surface area contributed by atoms with Crippen LogP contribution in [0.25, 0.3) is 0 Å². The van der Waals surface area contributed by atoms with E-state index in [0.717, 1.165) is 18.7 Å². The molecule has 1 aromatic heterocycles. The summed E-state index contributed by atoms with van der Waals surface area (Å²) in [6.07, 6.45) is 8.36. The number of anilines is 1. The molecule has 1 aliphatic carbocycles. The second-order valence-corrected chi connectivity index (χ2v) is 8.20. The highest BCUT2D eigenvalue weighted by molar-refractivity contribution is 5.68. The molecule has 0 radical (unpaired) electrons. The van der Waals surface area contributed by atoms with E-state index in [2.05, 4.69) is 21.4 Å². The van der Waals surface area contributed by atoms with Crippen molar-refractivity contribution in [1.29, 1.82) is 0 Å². The summed E-state index contributed by atoms with van der Waals surface area (Å²) >= 11 is 0. The Bertz CT molecular complexity index is 585. The summed E-state index contributed by atoms with van der Waals surface area (Å²) in [5, 5.41) is 3.52. The number of carbonyl (C=O) groups excluding carboxylic acids is 1. The van der Waals surface area contributed by atoms with Gasteiger partial charge < -0.3 is 15.0 Å². The summed E-state index contributed by atoms with van der Waals surface area (Å²) in [4.78, 5) is 22.8. The van der Waals surface area contributed by atoms with Gasteiger partial charge in [-0.1, -0.05) is 12.8 Å². The van der Waals surface area contributed by atoms with E-state index in [1.807, 2.05) is 20.8 Å². The Morgan fingerprint density at radius 3 is 2.48 bits per heavy atom. The van der Waals surface area contributed by atoms with Crippen LogP contribution in [0, 0.1) is 0 Å². The molecule has 1 aromatic rings. The van der Waals surface area contributed by atoms with Crippen LogP contribution in [0.4, 0.5) is 10.6 Å². The first-order valence-corrected chi connectivity index (χ1v) is 9.47. The third-order valence-corrected chi connectivity index (χ3v) is 4.96. The van der Waals surface area contributed by atoms with Crippen LogP contribution in [0.5, 0.6) is 0 Å². The van der Waals surface area contributed by atoms with Gasteiger partial charge in [0.05, 0.1) is 0 Å². The molecule has 1 saturated heterocycles. The SMILES string of the molecule is CC(C)(C)OC(=O)N1CCC(Nc2cc(C3CCCC3)ncn2)CC1. The van der Waals surface area contributed by atoms with Crippen molar-refractivity contribution >= 4 is 11.9 Å². The lowest BCUT2D eigenvalue weighted by atomic mass is 10.0. The molecule has 1 saturated carbocycles. The minimum absolute atomic E-state index is 0.212. The van der Waals surface area contributed by atoms with E-state index < -0.39 is 5.60 Å². The Morgan fingerprint density at radius 1 is 1.16 bits per heavy atom. The van der Waals surface area contributed by atoms with Crippen LogP contribution in [-0.2, 0) is 4.74 Å². The van der Waals surface area contributed by atoms with Crippen LogP contribution in [0.2, 0.25) is 0 Å². The van der Waals surface area contributed by atoms with Crippen molar-refractivity contribution in [3.8, 4) is 0 Å². The fourth-order valence-electron chi connectivity index (χ4n) is 3.64. The molecule has 2 aliphatic rings. The van der Waals surface area contributed by atoms with E-state index >= 15 is 0 Å². The highest BCUT2D eigenvalue weighted by atomic mass is 16.6. The van der Waals surface area contributed by atoms with Gasteiger partial charge in [0.2, 0.25) is 0 Å². The van der Waals surface area contributed by atoms with E-state index in [4.69, 9.17) is 4.74 Å². The van der Waals surface area contributed by atoms with E-state index in [0.29, 0.717) is 25.0 Å². The average Bonchev–Trinajstić information content (AvgIpc) is 3.09. The maximum Gasteiger partial charge on any atom is 0.410 e. The van der Waals surface area contributed by atoms with E-state index in [9.17, 15) is 4.79 Å². The van der Waals surface area contributed by atoms with Crippen LogP contribution in [-0.4, -0.2) is 45.7 Å². The van der Waals surface area contributed by atoms with Gasteiger partial charge in [0.1, 0.15) is 17.7 Å². The van der Waals surface area contributed by atoms with Gasteiger partial charge >= 0.3 is 6.09 Å². The Morgan fingerprint density at radius 2 is 1.84 bits per heavy atom. The summed E-state index contributed by atoms with van der Waals surface area (Å²) in [5.41, 5.74) is 0.727. The molecule has 25 heavy (non-hydrogen) atoms. The molecule has 2 heterocycles. The molecule has 2 fully saturated rings. The Labute approximate surface area is 150 Å². The van der Waals surface area contributed by atoms with Gasteiger partial charge in [-0.05, 0) is 46.5 Å². The predicted octanol–water partition coefficient (Wildman–Crippen LogP) is 3.95. The molecule has 3 rings (SSSR count). The van der Waals surface area contributed by atoms with Crippen LogP contribution in [0.15, 0.2) is 12.4 Å². The molecule has 6 heteroatoms. The first kappa shape index (κ1) is 18.0. The summed E-state index contributed by atoms with van der Waals surface area (Å²) in [6, 6.07) is 2.45. The quantitative estimate of drug-likeness (QED) is 0.898. The maximum atomic E-state index is 12.1. The van der Waals surface area contributed by atoms with Gasteiger partial charge in [-0.25, -0.2) is 14.8 Å². The lowest BCUT2D eigenvalue weighted by Crippen LogP contribution is -2.44. The fraction of sp³-hybridized carbons (Fsp3) is 0.737. The number of ether oxygens (including phenoxy) is 1. The van der Waals surface area contributed by atoms with Gasteiger partial charge in [-0.2, -0.15) is 0 Å². The zero-order chi connectivity index (χ0) is 17.9. The number of amides is 1. The number of piperidine rings is 1. The first-order valence-electron chi connectivity index (χ1n) is 9.47. The average molecular weight is 346 g/mol. The van der Waals surface area contributed by atoms with Gasteiger partial charge in [0.25, 0.3) is 0 Å². The maximum absolute atomic E-state index is 12.1. The fourth-order valence-corrected chi connectivity index (χ4v) is 3.64. The molecule has 6 nitrogen and oxygen atoms in total. The van der Waals surface area contributed by atoms with E-state index in [1.165, 1.54) is 31.4 Å². The number of likely N-dealkylation sites (tertiary alicyclic amines) is 1. The van der Waals surface area contributed by atoms with Crippen LogP contribution >= 0.6 is 0 Å². The van der Waals surface area contributed by atoms with Crippen LogP contribution in [0.1, 0.15) is 70.9 Å². The lowest BCUT2D eigenvalue weighted by Gasteiger charge is -2.33. The molecule has 1 aliphatic heterocycles. The number of nitrogens with one attached hydrogen (secondary N) is 1. The van der Waals surface area contributed by atoms with Gasteiger partial charge in [0, 0.05) is 36.8 Å². The van der Waals surface area contributed by atoms with Gasteiger partial charge in [-0.15, -0.1) is 0 Å². The topological polar surface area (TPSA) is 67.3 Å². The van der Waals surface area contributed by atoms with Gasteiger partial charge in [0.15, 0.2) is 0 Å². The van der Waals surface area contributed by atoms with E-state index in [-0.39, 0.29) is 6.09 Å². The highest BCUT2D eigenvalue weighted by Crippen LogP contribution is 2.33. The summed E-state index contributed by atoms with van der Waals surface area (Å²) in [5.74, 6) is 1.50.